The molecule has 0 heterocycles. The van der Waals surface area contributed by atoms with E-state index in [0.29, 0.717) is 5.54 Å². The molecule has 14 heavy (non-hydrogen) atoms. The van der Waals surface area contributed by atoms with E-state index >= 15 is 0 Å². The van der Waals surface area contributed by atoms with Crippen molar-refractivity contribution in [3.05, 3.63) is 0 Å². The molecule has 0 saturated heterocycles. The van der Waals surface area contributed by atoms with Gasteiger partial charge in [0.2, 0.25) is 0 Å². The fourth-order valence-electron chi connectivity index (χ4n) is 1.89. The fraction of sp³-hybridized carbons (Fsp3) is 1.00. The van der Waals surface area contributed by atoms with Gasteiger partial charge in [-0.1, -0.05) is 13.3 Å². The van der Waals surface area contributed by atoms with Gasteiger partial charge in [0, 0.05) is 18.7 Å². The predicted molar refractivity (Wildman–Crippen MR) is 60.6 cm³/mol. The topological polar surface area (TPSA) is 12.5 Å². The maximum atomic E-state index is 5.57. The zero-order valence-electron chi connectivity index (χ0n) is 10.0. The first-order chi connectivity index (χ1) is 6.69. The number of hydrogen-bond donors (Lipinski definition) is 0. The predicted octanol–water partition coefficient (Wildman–Crippen LogP) is 2.68. The first-order valence-corrected chi connectivity index (χ1v) is 5.98. The zero-order valence-corrected chi connectivity index (χ0v) is 10.0. The van der Waals surface area contributed by atoms with Crippen LogP contribution in [0.15, 0.2) is 0 Å². The molecule has 0 aromatic heterocycles. The summed E-state index contributed by atoms with van der Waals surface area (Å²) in [6.45, 7) is 7.47. The number of unbranched alkanes of at least 4 members (excludes halogenated alkanes) is 1. The van der Waals surface area contributed by atoms with Gasteiger partial charge >= 0.3 is 0 Å². The molecule has 1 aliphatic carbocycles. The average Bonchev–Trinajstić information content (AvgIpc) is 2.13. The van der Waals surface area contributed by atoms with Crippen LogP contribution in [0.4, 0.5) is 0 Å². The Kier molecular flexibility index (Phi) is 4.90. The van der Waals surface area contributed by atoms with Gasteiger partial charge in [0.1, 0.15) is 0 Å². The molecule has 0 bridgehead atoms. The Labute approximate surface area is 88.6 Å². The van der Waals surface area contributed by atoms with Crippen molar-refractivity contribution in [3.8, 4) is 0 Å². The van der Waals surface area contributed by atoms with E-state index in [-0.39, 0.29) is 0 Å². The maximum absolute atomic E-state index is 5.57. The minimum atomic E-state index is 0.480. The van der Waals surface area contributed by atoms with Gasteiger partial charge in [-0.25, -0.2) is 0 Å². The lowest BCUT2D eigenvalue weighted by Gasteiger charge is -2.46. The molecule has 0 aromatic carbocycles. The van der Waals surface area contributed by atoms with Crippen molar-refractivity contribution in [2.75, 3.05) is 26.8 Å². The Morgan fingerprint density at radius 2 is 2.00 bits per heavy atom. The number of hydrogen-bond acceptors (Lipinski definition) is 2. The van der Waals surface area contributed by atoms with E-state index in [0.717, 1.165) is 19.8 Å². The van der Waals surface area contributed by atoms with Crippen molar-refractivity contribution >= 4 is 0 Å². The number of ether oxygens (including phenoxy) is 1. The molecule has 0 amide bonds. The molecule has 0 unspecified atom stereocenters. The summed E-state index contributed by atoms with van der Waals surface area (Å²) in [6, 6.07) is 0. The van der Waals surface area contributed by atoms with Gasteiger partial charge in [-0.15, -0.1) is 0 Å². The molecule has 1 rings (SSSR count). The van der Waals surface area contributed by atoms with Gasteiger partial charge in [-0.3, -0.25) is 4.90 Å². The number of nitrogens with zero attached hydrogens (tertiary/aromatic N) is 1. The van der Waals surface area contributed by atoms with Crippen molar-refractivity contribution in [2.45, 2.75) is 51.5 Å². The summed E-state index contributed by atoms with van der Waals surface area (Å²) in [7, 11) is 2.22. The van der Waals surface area contributed by atoms with Crippen LogP contribution in [0.2, 0.25) is 0 Å². The Morgan fingerprint density at radius 3 is 2.50 bits per heavy atom. The first kappa shape index (κ1) is 12.0. The van der Waals surface area contributed by atoms with Crippen molar-refractivity contribution in [3.63, 3.8) is 0 Å². The second kappa shape index (κ2) is 5.72. The van der Waals surface area contributed by atoms with Crippen LogP contribution in [-0.4, -0.2) is 37.2 Å². The number of rotatable bonds is 7. The summed E-state index contributed by atoms with van der Waals surface area (Å²) in [5.41, 5.74) is 0.480. The molecule has 1 aliphatic rings. The van der Waals surface area contributed by atoms with E-state index in [1.54, 1.807) is 0 Å². The molecule has 0 N–H and O–H groups in total. The van der Waals surface area contributed by atoms with Crippen LogP contribution in [0.3, 0.4) is 0 Å². The van der Waals surface area contributed by atoms with E-state index in [2.05, 4.69) is 25.8 Å². The van der Waals surface area contributed by atoms with E-state index in [9.17, 15) is 0 Å². The molecule has 0 atom stereocenters. The van der Waals surface area contributed by atoms with Crippen molar-refractivity contribution < 1.29 is 4.74 Å². The third kappa shape index (κ3) is 3.25. The van der Waals surface area contributed by atoms with Gasteiger partial charge < -0.3 is 4.74 Å². The highest BCUT2D eigenvalue weighted by molar-refractivity contribution is 4.92. The molecule has 84 valence electrons. The fourth-order valence-corrected chi connectivity index (χ4v) is 1.89. The smallest absolute Gasteiger partial charge is 0.0593 e. The Balaban J connectivity index is 2.00. The number of likely N-dealkylation sites (N-methyl/N-ethyl adjacent to an activating group) is 1. The van der Waals surface area contributed by atoms with Gasteiger partial charge in [-0.05, 0) is 39.7 Å². The van der Waals surface area contributed by atoms with Crippen molar-refractivity contribution in [1.82, 2.24) is 4.90 Å². The van der Waals surface area contributed by atoms with E-state index in [1.165, 1.54) is 32.1 Å². The molecule has 0 aliphatic heterocycles. The first-order valence-electron chi connectivity index (χ1n) is 5.98. The summed E-state index contributed by atoms with van der Waals surface area (Å²) in [6.07, 6.45) is 6.54. The summed E-state index contributed by atoms with van der Waals surface area (Å²) in [5, 5.41) is 0. The van der Waals surface area contributed by atoms with Crippen LogP contribution in [0.5, 0.6) is 0 Å². The van der Waals surface area contributed by atoms with Gasteiger partial charge in [-0.2, -0.15) is 0 Å². The summed E-state index contributed by atoms with van der Waals surface area (Å²) in [5.74, 6) is 0. The summed E-state index contributed by atoms with van der Waals surface area (Å²) >= 11 is 0. The maximum Gasteiger partial charge on any atom is 0.0593 e. The molecule has 0 aromatic rings. The van der Waals surface area contributed by atoms with Crippen molar-refractivity contribution in [2.24, 2.45) is 0 Å². The third-order valence-corrected chi connectivity index (χ3v) is 3.57. The quantitative estimate of drug-likeness (QED) is 0.584. The van der Waals surface area contributed by atoms with Gasteiger partial charge in [0.15, 0.2) is 0 Å². The lowest BCUT2D eigenvalue weighted by atomic mass is 9.77. The summed E-state index contributed by atoms with van der Waals surface area (Å²) < 4.78 is 5.57. The molecule has 1 saturated carbocycles. The van der Waals surface area contributed by atoms with Crippen LogP contribution < -0.4 is 0 Å². The highest BCUT2D eigenvalue weighted by atomic mass is 16.5. The molecule has 2 nitrogen and oxygen atoms in total. The molecular formula is C12H25NO. The standard InChI is InChI=1S/C12H25NO/c1-4-5-10-14-11-9-13(3)12(2)7-6-8-12/h4-11H2,1-3H3. The van der Waals surface area contributed by atoms with E-state index in [1.807, 2.05) is 0 Å². The van der Waals surface area contributed by atoms with Crippen molar-refractivity contribution in [1.29, 1.82) is 0 Å². The summed E-state index contributed by atoms with van der Waals surface area (Å²) in [4.78, 5) is 2.46. The molecule has 0 radical (unpaired) electrons. The zero-order chi connectivity index (χ0) is 10.4. The van der Waals surface area contributed by atoms with Gasteiger partial charge in [0.25, 0.3) is 0 Å². The highest BCUT2D eigenvalue weighted by Crippen LogP contribution is 2.35. The van der Waals surface area contributed by atoms with Crippen LogP contribution in [0, 0.1) is 0 Å². The largest absolute Gasteiger partial charge is 0.380 e. The van der Waals surface area contributed by atoms with Crippen LogP contribution >= 0.6 is 0 Å². The minimum Gasteiger partial charge on any atom is -0.380 e. The molecule has 2 heteroatoms. The highest BCUT2D eigenvalue weighted by Gasteiger charge is 2.35. The normalized spacial score (nSPS) is 19.7. The average molecular weight is 199 g/mol. The second-order valence-electron chi connectivity index (χ2n) is 4.74. The lowest BCUT2D eigenvalue weighted by Crippen LogP contribution is -2.50. The molecule has 1 fully saturated rings. The monoisotopic (exact) mass is 199 g/mol. The van der Waals surface area contributed by atoms with E-state index < -0.39 is 0 Å². The SMILES string of the molecule is CCCCOCCN(C)C1(C)CCC1. The van der Waals surface area contributed by atoms with Crippen LogP contribution in [-0.2, 0) is 4.74 Å². The molecular weight excluding hydrogens is 174 g/mol. The molecule has 0 spiro atoms. The third-order valence-electron chi connectivity index (χ3n) is 3.57. The lowest BCUT2D eigenvalue weighted by molar-refractivity contribution is 0.0241. The van der Waals surface area contributed by atoms with Gasteiger partial charge in [0.05, 0.1) is 6.61 Å². The van der Waals surface area contributed by atoms with Crippen LogP contribution in [0.25, 0.3) is 0 Å². The minimum absolute atomic E-state index is 0.480. The Morgan fingerprint density at radius 1 is 1.29 bits per heavy atom. The second-order valence-corrected chi connectivity index (χ2v) is 4.74. The Hall–Kier alpha value is -0.0800. The Bertz CT molecular complexity index is 154. The van der Waals surface area contributed by atoms with E-state index in [4.69, 9.17) is 4.74 Å². The van der Waals surface area contributed by atoms with Crippen LogP contribution in [0.1, 0.15) is 46.0 Å².